The summed E-state index contributed by atoms with van der Waals surface area (Å²) >= 11 is 12.1. The van der Waals surface area contributed by atoms with E-state index >= 15 is 0 Å². The fourth-order valence-corrected chi connectivity index (χ4v) is 4.93. The number of nitrogens with zero attached hydrogens (tertiary/aromatic N) is 1. The lowest BCUT2D eigenvalue weighted by molar-refractivity contribution is 0.0172. The Bertz CT molecular complexity index is 900. The van der Waals surface area contributed by atoms with Gasteiger partial charge in [0.25, 0.3) is 0 Å². The minimum atomic E-state index is -3.66. The van der Waals surface area contributed by atoms with Crippen molar-refractivity contribution in [2.45, 2.75) is 17.9 Å². The monoisotopic (exact) mass is 428 g/mol. The molecule has 1 saturated heterocycles. The zero-order chi connectivity index (χ0) is 19.4. The maximum atomic E-state index is 12.8. The maximum Gasteiger partial charge on any atom is 0.240 e. The first-order valence-electron chi connectivity index (χ1n) is 8.70. The SMILES string of the molecule is Cc1cc(Cl)ccc1S(=O)(=O)NCC(c1cccc(Cl)c1)N1CCOCC1. The van der Waals surface area contributed by atoms with Gasteiger partial charge in [0.2, 0.25) is 10.0 Å². The molecule has 0 aromatic heterocycles. The molecule has 2 aromatic rings. The summed E-state index contributed by atoms with van der Waals surface area (Å²) in [5.41, 5.74) is 1.58. The molecule has 1 N–H and O–H groups in total. The van der Waals surface area contributed by atoms with Gasteiger partial charge in [-0.1, -0.05) is 35.3 Å². The van der Waals surface area contributed by atoms with Gasteiger partial charge < -0.3 is 4.74 Å². The fraction of sp³-hybridized carbons (Fsp3) is 0.368. The van der Waals surface area contributed by atoms with E-state index in [1.165, 1.54) is 6.07 Å². The molecule has 1 aliphatic heterocycles. The molecule has 0 radical (unpaired) electrons. The van der Waals surface area contributed by atoms with Gasteiger partial charge in [-0.05, 0) is 48.4 Å². The lowest BCUT2D eigenvalue weighted by atomic mass is 10.1. The van der Waals surface area contributed by atoms with E-state index in [2.05, 4.69) is 9.62 Å². The highest BCUT2D eigenvalue weighted by Crippen LogP contribution is 2.25. The second-order valence-corrected chi connectivity index (χ2v) is 9.09. The van der Waals surface area contributed by atoms with Crippen molar-refractivity contribution in [2.24, 2.45) is 0 Å². The molecular weight excluding hydrogens is 407 g/mol. The van der Waals surface area contributed by atoms with Crippen LogP contribution < -0.4 is 4.72 Å². The number of hydrogen-bond acceptors (Lipinski definition) is 4. The van der Waals surface area contributed by atoms with Crippen LogP contribution in [-0.2, 0) is 14.8 Å². The van der Waals surface area contributed by atoms with E-state index in [0.29, 0.717) is 28.8 Å². The number of hydrogen-bond donors (Lipinski definition) is 1. The Kier molecular flexibility index (Phi) is 6.78. The van der Waals surface area contributed by atoms with Gasteiger partial charge in [-0.2, -0.15) is 0 Å². The third-order valence-electron chi connectivity index (χ3n) is 4.61. The molecule has 1 fully saturated rings. The molecular formula is C19H22Cl2N2O3S. The van der Waals surface area contributed by atoms with Crippen LogP contribution in [0.4, 0.5) is 0 Å². The van der Waals surface area contributed by atoms with Crippen molar-refractivity contribution in [3.63, 3.8) is 0 Å². The van der Waals surface area contributed by atoms with Gasteiger partial charge in [0.1, 0.15) is 0 Å². The second kappa shape index (κ2) is 8.90. The molecule has 146 valence electrons. The normalized spacial score (nSPS) is 17.0. The Hall–Kier alpha value is -1.15. The van der Waals surface area contributed by atoms with E-state index in [4.69, 9.17) is 27.9 Å². The highest BCUT2D eigenvalue weighted by molar-refractivity contribution is 7.89. The lowest BCUT2D eigenvalue weighted by Crippen LogP contribution is -2.43. The van der Waals surface area contributed by atoms with E-state index in [9.17, 15) is 8.42 Å². The maximum absolute atomic E-state index is 12.8. The molecule has 1 unspecified atom stereocenters. The largest absolute Gasteiger partial charge is 0.379 e. The zero-order valence-electron chi connectivity index (χ0n) is 15.0. The lowest BCUT2D eigenvalue weighted by Gasteiger charge is -2.35. The highest BCUT2D eigenvalue weighted by atomic mass is 35.5. The number of ether oxygens (including phenoxy) is 1. The summed E-state index contributed by atoms with van der Waals surface area (Å²) in [7, 11) is -3.66. The highest BCUT2D eigenvalue weighted by Gasteiger charge is 2.26. The number of nitrogens with one attached hydrogen (secondary N) is 1. The summed E-state index contributed by atoms with van der Waals surface area (Å²) in [4.78, 5) is 2.45. The molecule has 27 heavy (non-hydrogen) atoms. The van der Waals surface area contributed by atoms with Crippen LogP contribution in [-0.4, -0.2) is 46.2 Å². The topological polar surface area (TPSA) is 58.6 Å². The van der Waals surface area contributed by atoms with Gasteiger partial charge >= 0.3 is 0 Å². The molecule has 0 saturated carbocycles. The average molecular weight is 429 g/mol. The van der Waals surface area contributed by atoms with E-state index in [0.717, 1.165) is 18.7 Å². The molecule has 0 bridgehead atoms. The third-order valence-corrected chi connectivity index (χ3v) is 6.67. The molecule has 2 aromatic carbocycles. The quantitative estimate of drug-likeness (QED) is 0.762. The summed E-state index contributed by atoms with van der Waals surface area (Å²) in [6.07, 6.45) is 0. The van der Waals surface area contributed by atoms with Gasteiger partial charge in [0.05, 0.1) is 18.1 Å². The fourth-order valence-electron chi connectivity index (χ4n) is 3.24. The van der Waals surface area contributed by atoms with E-state index < -0.39 is 10.0 Å². The Balaban J connectivity index is 1.83. The Labute approximate surface area is 170 Å². The predicted molar refractivity (Wildman–Crippen MR) is 108 cm³/mol. The van der Waals surface area contributed by atoms with Crippen molar-refractivity contribution in [1.82, 2.24) is 9.62 Å². The molecule has 0 amide bonds. The summed E-state index contributed by atoms with van der Waals surface area (Å²) in [5, 5.41) is 1.14. The summed E-state index contributed by atoms with van der Waals surface area (Å²) in [6, 6.07) is 12.2. The average Bonchev–Trinajstić information content (AvgIpc) is 2.62. The van der Waals surface area contributed by atoms with Crippen molar-refractivity contribution in [3.8, 4) is 0 Å². The first-order valence-corrected chi connectivity index (χ1v) is 10.9. The molecule has 1 atom stereocenters. The smallest absolute Gasteiger partial charge is 0.240 e. The van der Waals surface area contributed by atoms with Crippen LogP contribution in [0, 0.1) is 6.92 Å². The Morgan fingerprint density at radius 3 is 2.48 bits per heavy atom. The van der Waals surface area contributed by atoms with Crippen molar-refractivity contribution in [2.75, 3.05) is 32.8 Å². The summed E-state index contributed by atoms with van der Waals surface area (Å²) in [5.74, 6) is 0. The number of rotatable bonds is 6. The molecule has 1 aliphatic rings. The number of halogens is 2. The van der Waals surface area contributed by atoms with E-state index in [1.54, 1.807) is 19.1 Å². The van der Waals surface area contributed by atoms with Crippen LogP contribution in [0.1, 0.15) is 17.2 Å². The van der Waals surface area contributed by atoms with Gasteiger partial charge in [-0.3, -0.25) is 4.90 Å². The number of aryl methyl sites for hydroxylation is 1. The molecule has 8 heteroatoms. The predicted octanol–water partition coefficient (Wildman–Crippen LogP) is 3.65. The molecule has 0 spiro atoms. The molecule has 0 aliphatic carbocycles. The first kappa shape index (κ1) is 20.6. The minimum Gasteiger partial charge on any atom is -0.379 e. The van der Waals surface area contributed by atoms with Crippen LogP contribution >= 0.6 is 23.2 Å². The number of benzene rings is 2. The minimum absolute atomic E-state index is 0.130. The molecule has 1 heterocycles. The number of sulfonamides is 1. The van der Waals surface area contributed by atoms with Crippen LogP contribution in [0.2, 0.25) is 10.0 Å². The van der Waals surface area contributed by atoms with Crippen molar-refractivity contribution in [1.29, 1.82) is 0 Å². The van der Waals surface area contributed by atoms with Crippen LogP contribution in [0.25, 0.3) is 0 Å². The van der Waals surface area contributed by atoms with Crippen LogP contribution in [0.3, 0.4) is 0 Å². The molecule has 5 nitrogen and oxygen atoms in total. The summed E-state index contributed by atoms with van der Waals surface area (Å²) < 4.78 is 33.8. The van der Waals surface area contributed by atoms with Crippen molar-refractivity contribution < 1.29 is 13.2 Å². The standard InChI is InChI=1S/C19H22Cl2N2O3S/c1-14-11-17(21)5-6-19(14)27(24,25)22-13-18(23-7-9-26-10-8-23)15-3-2-4-16(20)12-15/h2-6,11-12,18,22H,7-10,13H2,1H3. The van der Waals surface area contributed by atoms with Crippen LogP contribution in [0.5, 0.6) is 0 Å². The van der Waals surface area contributed by atoms with Crippen LogP contribution in [0.15, 0.2) is 47.4 Å². The second-order valence-electron chi connectivity index (χ2n) is 6.48. The van der Waals surface area contributed by atoms with E-state index in [1.807, 2.05) is 24.3 Å². The van der Waals surface area contributed by atoms with Crippen molar-refractivity contribution >= 4 is 33.2 Å². The van der Waals surface area contributed by atoms with Gasteiger partial charge in [-0.25, -0.2) is 13.1 Å². The van der Waals surface area contributed by atoms with Crippen molar-refractivity contribution in [3.05, 3.63) is 63.6 Å². The Morgan fingerprint density at radius 1 is 1.11 bits per heavy atom. The summed E-state index contributed by atoms with van der Waals surface area (Å²) in [6.45, 7) is 4.69. The zero-order valence-corrected chi connectivity index (χ0v) is 17.3. The third kappa shape index (κ3) is 5.22. The molecule has 3 rings (SSSR count). The van der Waals surface area contributed by atoms with Gasteiger partial charge in [0.15, 0.2) is 0 Å². The van der Waals surface area contributed by atoms with Gasteiger partial charge in [0, 0.05) is 35.7 Å². The Morgan fingerprint density at radius 2 is 1.81 bits per heavy atom. The van der Waals surface area contributed by atoms with Gasteiger partial charge in [-0.15, -0.1) is 0 Å². The van der Waals surface area contributed by atoms with E-state index in [-0.39, 0.29) is 17.5 Å². The number of morpholine rings is 1. The first-order chi connectivity index (χ1) is 12.9.